The van der Waals surface area contributed by atoms with Crippen LogP contribution in [0.4, 0.5) is 4.39 Å². The highest BCUT2D eigenvalue weighted by molar-refractivity contribution is 5.91. The largest absolute Gasteiger partial charge is 0.481 e. The van der Waals surface area contributed by atoms with E-state index in [2.05, 4.69) is 0 Å². The number of benzene rings is 1. The topological polar surface area (TPSA) is 77.8 Å². The van der Waals surface area contributed by atoms with Crippen molar-refractivity contribution < 1.29 is 24.2 Å². The second kappa shape index (κ2) is 6.41. The molecule has 1 saturated carbocycles. The van der Waals surface area contributed by atoms with Crippen LogP contribution >= 0.6 is 0 Å². The molecule has 1 heterocycles. The third kappa shape index (κ3) is 2.82. The molecule has 0 spiro atoms. The van der Waals surface area contributed by atoms with Gasteiger partial charge in [0, 0.05) is 18.7 Å². The summed E-state index contributed by atoms with van der Waals surface area (Å²) < 4.78 is 14.2. The minimum Gasteiger partial charge on any atom is -0.481 e. The number of carboxylic acid groups (broad SMARTS) is 1. The first-order chi connectivity index (χ1) is 11.9. The Balaban J connectivity index is 1.80. The summed E-state index contributed by atoms with van der Waals surface area (Å²) >= 11 is 0. The molecule has 0 aromatic heterocycles. The van der Waals surface area contributed by atoms with Crippen LogP contribution in [0.15, 0.2) is 24.3 Å². The molecule has 3 rings (SSSR count). The molecule has 0 radical (unpaired) electrons. The molecule has 1 aliphatic carbocycles. The van der Waals surface area contributed by atoms with Gasteiger partial charge in [-0.1, -0.05) is 31.5 Å². The van der Waals surface area contributed by atoms with Gasteiger partial charge in [-0.05, 0) is 31.7 Å². The number of hydrogen-bond donors (Lipinski definition) is 2. The van der Waals surface area contributed by atoms with Crippen molar-refractivity contribution >= 4 is 11.9 Å². The number of carbonyl (C=O) groups is 2. The summed E-state index contributed by atoms with van der Waals surface area (Å²) in [7, 11) is 0. The Morgan fingerprint density at radius 2 is 1.96 bits per heavy atom. The van der Waals surface area contributed by atoms with Gasteiger partial charge in [0.1, 0.15) is 5.82 Å². The Morgan fingerprint density at radius 3 is 2.48 bits per heavy atom. The molecule has 1 aromatic rings. The molecule has 2 atom stereocenters. The number of carboxylic acids is 1. The normalized spacial score (nSPS) is 27.8. The summed E-state index contributed by atoms with van der Waals surface area (Å²) in [6.45, 7) is 2.14. The van der Waals surface area contributed by atoms with Crippen LogP contribution in [0.2, 0.25) is 0 Å². The Kier molecular flexibility index (Phi) is 4.58. The van der Waals surface area contributed by atoms with E-state index in [1.807, 2.05) is 6.92 Å². The predicted octanol–water partition coefficient (Wildman–Crippen LogP) is 2.32. The first-order valence-electron chi connectivity index (χ1n) is 8.83. The van der Waals surface area contributed by atoms with Gasteiger partial charge >= 0.3 is 5.97 Å². The number of carbonyl (C=O) groups excluding carboxylic acids is 1. The van der Waals surface area contributed by atoms with Gasteiger partial charge in [-0.3, -0.25) is 9.59 Å². The summed E-state index contributed by atoms with van der Waals surface area (Å²) in [5.74, 6) is -1.60. The molecule has 2 aliphatic rings. The fourth-order valence-corrected chi connectivity index (χ4v) is 4.13. The monoisotopic (exact) mass is 349 g/mol. The van der Waals surface area contributed by atoms with Crippen LogP contribution < -0.4 is 0 Å². The molecule has 1 aliphatic heterocycles. The summed E-state index contributed by atoms with van der Waals surface area (Å²) in [5, 5.41) is 20.1. The van der Waals surface area contributed by atoms with Gasteiger partial charge in [0.2, 0.25) is 5.91 Å². The number of aliphatic hydroxyl groups excluding tert-OH is 1. The second-order valence-corrected chi connectivity index (χ2v) is 7.29. The van der Waals surface area contributed by atoms with E-state index in [-0.39, 0.29) is 25.4 Å². The zero-order valence-electron chi connectivity index (χ0n) is 14.4. The Morgan fingerprint density at radius 1 is 1.28 bits per heavy atom. The van der Waals surface area contributed by atoms with Crippen molar-refractivity contribution in [3.05, 3.63) is 35.6 Å². The second-order valence-electron chi connectivity index (χ2n) is 7.29. The fraction of sp³-hybridized carbons (Fsp3) is 0.579. The van der Waals surface area contributed by atoms with Crippen molar-refractivity contribution in [1.82, 2.24) is 4.90 Å². The predicted molar refractivity (Wildman–Crippen MR) is 89.5 cm³/mol. The van der Waals surface area contributed by atoms with Gasteiger partial charge in [-0.15, -0.1) is 0 Å². The maximum absolute atomic E-state index is 14.2. The van der Waals surface area contributed by atoms with E-state index in [1.165, 1.54) is 11.0 Å². The van der Waals surface area contributed by atoms with Gasteiger partial charge in [0.25, 0.3) is 0 Å². The highest BCUT2D eigenvalue weighted by atomic mass is 19.1. The number of aliphatic carboxylic acids is 1. The van der Waals surface area contributed by atoms with Crippen molar-refractivity contribution in [1.29, 1.82) is 0 Å². The molecule has 1 saturated heterocycles. The number of piperidine rings is 1. The quantitative estimate of drug-likeness (QED) is 0.855. The molecule has 0 unspecified atom stereocenters. The van der Waals surface area contributed by atoms with Crippen molar-refractivity contribution in [2.75, 3.05) is 13.1 Å². The smallest absolute Gasteiger partial charge is 0.312 e. The highest BCUT2D eigenvalue weighted by Gasteiger charge is 2.57. The average Bonchev–Trinajstić information content (AvgIpc) is 3.38. The molecular weight excluding hydrogens is 325 g/mol. The SMILES string of the molecule is CCC[C@]1(C(=O)O)CCN(C(=O)C2(c3ccccc3F)CC2)C[C@@H]1O. The lowest BCUT2D eigenvalue weighted by Crippen LogP contribution is -2.57. The molecule has 1 amide bonds. The number of amides is 1. The van der Waals surface area contributed by atoms with Crippen LogP contribution in [0.3, 0.4) is 0 Å². The molecule has 5 nitrogen and oxygen atoms in total. The first-order valence-corrected chi connectivity index (χ1v) is 8.83. The van der Waals surface area contributed by atoms with Gasteiger partial charge in [-0.2, -0.15) is 0 Å². The standard InChI is InChI=1S/C19H24FNO4/c1-2-7-19(17(24)25)10-11-21(12-15(19)22)16(23)18(8-9-18)13-5-3-4-6-14(13)20/h3-6,15,22H,2,7-12H2,1H3,(H,24,25)/t15-,19-/m0/s1. The number of nitrogens with zero attached hydrogens (tertiary/aromatic N) is 1. The third-order valence-corrected chi connectivity index (χ3v) is 5.82. The number of halogens is 1. The van der Waals surface area contributed by atoms with E-state index in [0.29, 0.717) is 31.2 Å². The number of hydrogen-bond acceptors (Lipinski definition) is 3. The molecule has 2 fully saturated rings. The first kappa shape index (κ1) is 17.9. The maximum atomic E-state index is 14.2. The van der Waals surface area contributed by atoms with Crippen LogP contribution in [-0.2, 0) is 15.0 Å². The zero-order chi connectivity index (χ0) is 18.2. The van der Waals surface area contributed by atoms with Crippen LogP contribution in [0.5, 0.6) is 0 Å². The van der Waals surface area contributed by atoms with Crippen LogP contribution in [0.1, 0.15) is 44.6 Å². The third-order valence-electron chi connectivity index (χ3n) is 5.82. The number of likely N-dealkylation sites (tertiary alicyclic amines) is 1. The Bertz CT molecular complexity index is 688. The number of β-amino-alcohol motifs (C(OH)–C–C–N with tert-alkyl or cyclic N) is 1. The van der Waals surface area contributed by atoms with Crippen LogP contribution in [0, 0.1) is 11.2 Å². The van der Waals surface area contributed by atoms with E-state index in [9.17, 15) is 24.2 Å². The molecule has 25 heavy (non-hydrogen) atoms. The van der Waals surface area contributed by atoms with Crippen LogP contribution in [-0.4, -0.2) is 46.2 Å². The van der Waals surface area contributed by atoms with Gasteiger partial charge in [-0.25, -0.2) is 4.39 Å². The van der Waals surface area contributed by atoms with E-state index < -0.39 is 28.7 Å². The van der Waals surface area contributed by atoms with Crippen molar-refractivity contribution in [2.45, 2.75) is 50.5 Å². The van der Waals surface area contributed by atoms with E-state index in [4.69, 9.17) is 0 Å². The lowest BCUT2D eigenvalue weighted by Gasteiger charge is -2.43. The van der Waals surface area contributed by atoms with Crippen molar-refractivity contribution in [3.8, 4) is 0 Å². The van der Waals surface area contributed by atoms with E-state index in [1.54, 1.807) is 18.2 Å². The highest BCUT2D eigenvalue weighted by Crippen LogP contribution is 2.51. The summed E-state index contributed by atoms with van der Waals surface area (Å²) in [5.41, 5.74) is -1.64. The van der Waals surface area contributed by atoms with Gasteiger partial charge < -0.3 is 15.1 Å². The zero-order valence-corrected chi connectivity index (χ0v) is 14.4. The van der Waals surface area contributed by atoms with Gasteiger partial charge in [0.15, 0.2) is 0 Å². The van der Waals surface area contributed by atoms with Crippen molar-refractivity contribution in [2.24, 2.45) is 5.41 Å². The van der Waals surface area contributed by atoms with Crippen LogP contribution in [0.25, 0.3) is 0 Å². The molecular formula is C19H24FNO4. The van der Waals surface area contributed by atoms with E-state index >= 15 is 0 Å². The molecule has 0 bridgehead atoms. The van der Waals surface area contributed by atoms with Gasteiger partial charge in [0.05, 0.1) is 16.9 Å². The lowest BCUT2D eigenvalue weighted by atomic mass is 9.72. The summed E-state index contributed by atoms with van der Waals surface area (Å²) in [6, 6.07) is 6.30. The molecule has 2 N–H and O–H groups in total. The lowest BCUT2D eigenvalue weighted by molar-refractivity contribution is -0.167. The fourth-order valence-electron chi connectivity index (χ4n) is 4.13. The summed E-state index contributed by atoms with van der Waals surface area (Å²) in [6.07, 6.45) is 1.30. The Hall–Kier alpha value is -1.95. The van der Waals surface area contributed by atoms with E-state index in [0.717, 1.165) is 0 Å². The molecule has 6 heteroatoms. The minimum atomic E-state index is -1.19. The number of rotatable bonds is 5. The maximum Gasteiger partial charge on any atom is 0.312 e. The minimum absolute atomic E-state index is 0.0126. The molecule has 1 aromatic carbocycles. The van der Waals surface area contributed by atoms with Crippen molar-refractivity contribution in [3.63, 3.8) is 0 Å². The average molecular weight is 349 g/mol. The number of aliphatic hydroxyl groups is 1. The Labute approximate surface area is 146 Å². The molecule has 136 valence electrons. The summed E-state index contributed by atoms with van der Waals surface area (Å²) in [4.78, 5) is 26.3.